The number of rotatable bonds is 6. The van der Waals surface area contributed by atoms with Crippen LogP contribution in [-0.4, -0.2) is 24.7 Å². The highest BCUT2D eigenvalue weighted by Gasteiger charge is 1.91. The Morgan fingerprint density at radius 2 is 1.94 bits per heavy atom. The molecule has 0 aliphatic carbocycles. The van der Waals surface area contributed by atoms with Crippen molar-refractivity contribution in [2.45, 2.75) is 32.6 Å². The first-order valence-electron chi connectivity index (χ1n) is 6.18. The van der Waals surface area contributed by atoms with Crippen LogP contribution >= 0.6 is 0 Å². The molecule has 0 bridgehead atoms. The second-order valence-electron chi connectivity index (χ2n) is 3.88. The van der Waals surface area contributed by atoms with Crippen molar-refractivity contribution in [1.29, 1.82) is 0 Å². The van der Waals surface area contributed by atoms with Crippen LogP contribution in [0, 0.1) is 0 Å². The molecular formula is C14H23NO3. The number of ether oxygens (including phenoxy) is 1. The van der Waals surface area contributed by atoms with E-state index in [1.165, 1.54) is 5.56 Å². The lowest BCUT2D eigenvalue weighted by Crippen LogP contribution is -2.02. The van der Waals surface area contributed by atoms with Gasteiger partial charge in [-0.3, -0.25) is 4.79 Å². The lowest BCUT2D eigenvalue weighted by Gasteiger charge is -2.00. The summed E-state index contributed by atoms with van der Waals surface area (Å²) >= 11 is 0. The molecular weight excluding hydrogens is 230 g/mol. The Bertz CT molecular complexity index is 322. The van der Waals surface area contributed by atoms with Crippen LogP contribution in [0.5, 0.6) is 5.75 Å². The quantitative estimate of drug-likeness (QED) is 0.816. The zero-order valence-electron chi connectivity index (χ0n) is 11.2. The van der Waals surface area contributed by atoms with Gasteiger partial charge in [0, 0.05) is 6.42 Å². The van der Waals surface area contributed by atoms with Crippen molar-refractivity contribution in [1.82, 2.24) is 0 Å². The molecule has 0 heterocycles. The molecule has 3 N–H and O–H groups in total. The molecule has 0 fully saturated rings. The number of carboxylic acids is 1. The number of carboxylic acid groups (broad SMARTS) is 1. The van der Waals surface area contributed by atoms with Crippen LogP contribution in [0.3, 0.4) is 0 Å². The molecule has 0 amide bonds. The molecule has 0 atom stereocenters. The van der Waals surface area contributed by atoms with Gasteiger partial charge in [-0.1, -0.05) is 25.5 Å². The Balaban J connectivity index is 0.000000360. The number of unbranched alkanes of at least 4 members (excludes halogenated alkanes) is 1. The summed E-state index contributed by atoms with van der Waals surface area (Å²) in [5.74, 6) is 0.202. The fourth-order valence-electron chi connectivity index (χ4n) is 1.29. The Hall–Kier alpha value is -1.55. The summed E-state index contributed by atoms with van der Waals surface area (Å²) in [6.07, 6.45) is 3.02. The fraction of sp³-hybridized carbons (Fsp3) is 0.500. The molecule has 1 aromatic rings. The average molecular weight is 253 g/mol. The minimum Gasteiger partial charge on any atom is -0.497 e. The molecule has 0 radical (unpaired) electrons. The van der Waals surface area contributed by atoms with E-state index in [0.717, 1.165) is 25.0 Å². The molecule has 0 saturated carbocycles. The van der Waals surface area contributed by atoms with E-state index in [2.05, 4.69) is 0 Å². The van der Waals surface area contributed by atoms with Crippen molar-refractivity contribution >= 4 is 5.97 Å². The fourth-order valence-corrected chi connectivity index (χ4v) is 1.29. The monoisotopic (exact) mass is 253 g/mol. The highest BCUT2D eigenvalue weighted by molar-refractivity contribution is 5.66. The summed E-state index contributed by atoms with van der Waals surface area (Å²) in [7, 11) is 1.66. The topological polar surface area (TPSA) is 72.5 Å². The van der Waals surface area contributed by atoms with E-state index in [0.29, 0.717) is 13.0 Å². The Morgan fingerprint density at radius 1 is 1.33 bits per heavy atom. The highest BCUT2D eigenvalue weighted by atomic mass is 16.5. The Labute approximate surface area is 109 Å². The molecule has 102 valence electrons. The molecule has 4 heteroatoms. The first-order valence-corrected chi connectivity index (χ1v) is 6.18. The van der Waals surface area contributed by atoms with Crippen LogP contribution < -0.4 is 10.5 Å². The zero-order chi connectivity index (χ0) is 13.8. The molecule has 1 rings (SSSR count). The van der Waals surface area contributed by atoms with Gasteiger partial charge in [0.25, 0.3) is 0 Å². The van der Waals surface area contributed by atoms with E-state index in [9.17, 15) is 4.79 Å². The van der Waals surface area contributed by atoms with Gasteiger partial charge in [0.2, 0.25) is 0 Å². The van der Waals surface area contributed by atoms with Crippen molar-refractivity contribution in [3.8, 4) is 5.75 Å². The summed E-state index contributed by atoms with van der Waals surface area (Å²) in [5.41, 5.74) is 6.66. The number of benzene rings is 1. The number of nitrogens with two attached hydrogens (primary N) is 1. The first-order chi connectivity index (χ1) is 8.63. The Morgan fingerprint density at radius 3 is 2.28 bits per heavy atom. The van der Waals surface area contributed by atoms with Gasteiger partial charge in [-0.05, 0) is 37.1 Å². The predicted octanol–water partition coefficient (Wildman–Crippen LogP) is 2.46. The van der Waals surface area contributed by atoms with Crippen LogP contribution in [0.2, 0.25) is 0 Å². The predicted molar refractivity (Wildman–Crippen MR) is 72.9 cm³/mol. The molecule has 18 heavy (non-hydrogen) atoms. The normalized spacial score (nSPS) is 9.28. The van der Waals surface area contributed by atoms with Crippen LogP contribution in [-0.2, 0) is 11.2 Å². The maximum absolute atomic E-state index is 9.76. The molecule has 0 saturated heterocycles. The highest BCUT2D eigenvalue weighted by Crippen LogP contribution is 2.10. The molecule has 0 aliphatic heterocycles. The number of hydrogen-bond donors (Lipinski definition) is 2. The minimum atomic E-state index is -0.693. The molecule has 0 aliphatic rings. The molecule has 4 nitrogen and oxygen atoms in total. The third-order valence-corrected chi connectivity index (χ3v) is 2.34. The smallest absolute Gasteiger partial charge is 0.303 e. The number of aliphatic carboxylic acids is 1. The second-order valence-corrected chi connectivity index (χ2v) is 3.88. The SMILES string of the molecule is CCCCC(=O)O.COc1ccc(CCN)cc1. The van der Waals surface area contributed by atoms with Gasteiger partial charge in [-0.2, -0.15) is 0 Å². The second kappa shape index (κ2) is 10.6. The number of methoxy groups -OCH3 is 1. The summed E-state index contributed by atoms with van der Waals surface area (Å²) in [4.78, 5) is 9.76. The van der Waals surface area contributed by atoms with Crippen molar-refractivity contribution < 1.29 is 14.6 Å². The summed E-state index contributed by atoms with van der Waals surface area (Å²) in [5, 5.41) is 8.04. The van der Waals surface area contributed by atoms with E-state index in [-0.39, 0.29) is 0 Å². The molecule has 0 unspecified atom stereocenters. The van der Waals surface area contributed by atoms with Gasteiger partial charge in [-0.15, -0.1) is 0 Å². The first kappa shape index (κ1) is 16.4. The van der Waals surface area contributed by atoms with Crippen molar-refractivity contribution in [3.63, 3.8) is 0 Å². The van der Waals surface area contributed by atoms with E-state index in [1.807, 2.05) is 31.2 Å². The van der Waals surface area contributed by atoms with E-state index in [1.54, 1.807) is 7.11 Å². The minimum absolute atomic E-state index is 0.316. The van der Waals surface area contributed by atoms with Gasteiger partial charge in [0.05, 0.1) is 7.11 Å². The van der Waals surface area contributed by atoms with E-state index in [4.69, 9.17) is 15.6 Å². The van der Waals surface area contributed by atoms with Gasteiger partial charge in [0.1, 0.15) is 5.75 Å². The number of hydrogen-bond acceptors (Lipinski definition) is 3. The summed E-state index contributed by atoms with van der Waals surface area (Å²) in [6.45, 7) is 2.68. The lowest BCUT2D eigenvalue weighted by molar-refractivity contribution is -0.137. The van der Waals surface area contributed by atoms with Crippen LogP contribution in [0.25, 0.3) is 0 Å². The van der Waals surface area contributed by atoms with Gasteiger partial charge in [0.15, 0.2) is 0 Å². The molecule has 1 aromatic carbocycles. The average Bonchev–Trinajstić information content (AvgIpc) is 2.38. The zero-order valence-corrected chi connectivity index (χ0v) is 11.2. The van der Waals surface area contributed by atoms with Crippen LogP contribution in [0.4, 0.5) is 0 Å². The largest absolute Gasteiger partial charge is 0.497 e. The van der Waals surface area contributed by atoms with Crippen molar-refractivity contribution in [2.24, 2.45) is 5.73 Å². The lowest BCUT2D eigenvalue weighted by atomic mass is 10.1. The van der Waals surface area contributed by atoms with E-state index < -0.39 is 5.97 Å². The summed E-state index contributed by atoms with van der Waals surface area (Å²) < 4.78 is 5.02. The number of carbonyl (C=O) groups is 1. The van der Waals surface area contributed by atoms with Gasteiger partial charge < -0.3 is 15.6 Å². The van der Waals surface area contributed by atoms with Crippen molar-refractivity contribution in [3.05, 3.63) is 29.8 Å². The standard InChI is InChI=1S/C9H13NO.C5H10O2/c1-11-9-4-2-8(3-5-9)6-7-10;1-2-3-4-5(6)7/h2-5H,6-7,10H2,1H3;2-4H2,1H3,(H,6,7). The third-order valence-electron chi connectivity index (χ3n) is 2.34. The van der Waals surface area contributed by atoms with Crippen molar-refractivity contribution in [2.75, 3.05) is 13.7 Å². The Kier molecular flexibility index (Phi) is 9.68. The van der Waals surface area contributed by atoms with E-state index >= 15 is 0 Å². The molecule has 0 spiro atoms. The van der Waals surface area contributed by atoms with Gasteiger partial charge >= 0.3 is 5.97 Å². The van der Waals surface area contributed by atoms with Gasteiger partial charge in [-0.25, -0.2) is 0 Å². The third kappa shape index (κ3) is 8.58. The summed E-state index contributed by atoms with van der Waals surface area (Å²) in [6, 6.07) is 7.97. The van der Waals surface area contributed by atoms with Crippen LogP contribution in [0.1, 0.15) is 31.7 Å². The maximum Gasteiger partial charge on any atom is 0.303 e. The maximum atomic E-state index is 9.76. The van der Waals surface area contributed by atoms with Crippen LogP contribution in [0.15, 0.2) is 24.3 Å². The molecule has 0 aromatic heterocycles.